The molecule has 4 nitrogen and oxygen atoms in total. The molecule has 0 aliphatic heterocycles. The summed E-state index contributed by atoms with van der Waals surface area (Å²) in [6.45, 7) is 0. The standard InChI is InChI=1S/C26H17ClO4S/c27-32(28,29)23-17-9-16-22-24(23)26(31-19-12-5-2-6-13-19)21-15-8-7-14-20(21)25(22)30-18-10-3-1-4-11-18/h1-17H. The first-order chi connectivity index (χ1) is 15.5. The normalized spacial score (nSPS) is 11.5. The summed E-state index contributed by atoms with van der Waals surface area (Å²) in [5.74, 6) is 2.15. The zero-order valence-electron chi connectivity index (χ0n) is 16.7. The van der Waals surface area contributed by atoms with E-state index in [4.69, 9.17) is 20.2 Å². The smallest absolute Gasteiger partial charge is 0.262 e. The van der Waals surface area contributed by atoms with Crippen molar-refractivity contribution in [3.05, 3.63) is 103 Å². The number of halogens is 1. The van der Waals surface area contributed by atoms with Crippen LogP contribution >= 0.6 is 10.7 Å². The van der Waals surface area contributed by atoms with Crippen molar-refractivity contribution in [2.24, 2.45) is 0 Å². The molecule has 0 aliphatic carbocycles. The van der Waals surface area contributed by atoms with E-state index in [-0.39, 0.29) is 4.90 Å². The molecule has 0 aliphatic rings. The van der Waals surface area contributed by atoms with Gasteiger partial charge in [0.2, 0.25) is 0 Å². The molecule has 0 bridgehead atoms. The Morgan fingerprint density at radius 2 is 1.00 bits per heavy atom. The summed E-state index contributed by atoms with van der Waals surface area (Å²) in [7, 11) is 1.79. The number of hydrogen-bond donors (Lipinski definition) is 0. The summed E-state index contributed by atoms with van der Waals surface area (Å²) in [5, 5.41) is 2.46. The van der Waals surface area contributed by atoms with Gasteiger partial charge in [-0.1, -0.05) is 72.8 Å². The third-order valence-corrected chi connectivity index (χ3v) is 6.47. The third-order valence-electron chi connectivity index (χ3n) is 5.10. The zero-order valence-corrected chi connectivity index (χ0v) is 18.3. The van der Waals surface area contributed by atoms with E-state index < -0.39 is 9.05 Å². The Bertz CT molecular complexity index is 1530. The first-order valence-electron chi connectivity index (χ1n) is 9.90. The van der Waals surface area contributed by atoms with Crippen molar-refractivity contribution in [2.45, 2.75) is 4.90 Å². The molecule has 0 amide bonds. The molecule has 5 aromatic carbocycles. The van der Waals surface area contributed by atoms with Gasteiger partial charge in [0.1, 0.15) is 23.0 Å². The fourth-order valence-electron chi connectivity index (χ4n) is 3.75. The van der Waals surface area contributed by atoms with Crippen LogP contribution in [0.15, 0.2) is 108 Å². The highest BCUT2D eigenvalue weighted by atomic mass is 35.7. The van der Waals surface area contributed by atoms with Crippen molar-refractivity contribution >= 4 is 41.3 Å². The van der Waals surface area contributed by atoms with E-state index in [0.717, 1.165) is 5.39 Å². The van der Waals surface area contributed by atoms with Gasteiger partial charge < -0.3 is 9.47 Å². The van der Waals surface area contributed by atoms with Crippen LogP contribution in [-0.2, 0) is 9.05 Å². The number of ether oxygens (including phenoxy) is 2. The van der Waals surface area contributed by atoms with E-state index in [1.807, 2.05) is 91.0 Å². The second-order valence-electron chi connectivity index (χ2n) is 7.15. The largest absolute Gasteiger partial charge is 0.456 e. The quantitative estimate of drug-likeness (QED) is 0.201. The van der Waals surface area contributed by atoms with E-state index in [1.165, 1.54) is 6.07 Å². The van der Waals surface area contributed by atoms with E-state index in [1.54, 1.807) is 6.07 Å². The summed E-state index contributed by atoms with van der Waals surface area (Å²) in [4.78, 5) is -0.0359. The summed E-state index contributed by atoms with van der Waals surface area (Å²) in [5.41, 5.74) is 0. The minimum Gasteiger partial charge on any atom is -0.456 e. The Morgan fingerprint density at radius 1 is 0.531 bits per heavy atom. The topological polar surface area (TPSA) is 52.6 Å². The molecule has 0 fully saturated rings. The van der Waals surface area contributed by atoms with E-state index in [0.29, 0.717) is 39.2 Å². The zero-order chi connectivity index (χ0) is 22.1. The van der Waals surface area contributed by atoms with Crippen molar-refractivity contribution in [1.29, 1.82) is 0 Å². The van der Waals surface area contributed by atoms with Crippen molar-refractivity contribution in [2.75, 3.05) is 0 Å². The van der Waals surface area contributed by atoms with Crippen molar-refractivity contribution in [3.63, 3.8) is 0 Å². The molecule has 0 N–H and O–H groups in total. The lowest BCUT2D eigenvalue weighted by molar-refractivity contribution is 0.485. The summed E-state index contributed by atoms with van der Waals surface area (Å²) < 4.78 is 37.6. The Hall–Kier alpha value is -3.54. The Kier molecular flexibility index (Phi) is 5.21. The van der Waals surface area contributed by atoms with Gasteiger partial charge in [0.15, 0.2) is 0 Å². The summed E-state index contributed by atoms with van der Waals surface area (Å²) >= 11 is 0. The predicted octanol–water partition coefficient (Wildman–Crippen LogP) is 7.51. The molecule has 0 radical (unpaired) electrons. The van der Waals surface area contributed by atoms with Crippen LogP contribution < -0.4 is 9.47 Å². The Balaban J connectivity index is 1.90. The average Bonchev–Trinajstić information content (AvgIpc) is 2.81. The number of para-hydroxylation sites is 2. The average molecular weight is 461 g/mol. The van der Waals surface area contributed by atoms with Crippen LogP contribution in [-0.4, -0.2) is 8.42 Å². The molecular formula is C26H17ClO4S. The molecule has 0 aromatic heterocycles. The van der Waals surface area contributed by atoms with Crippen molar-refractivity contribution < 1.29 is 17.9 Å². The molecule has 158 valence electrons. The van der Waals surface area contributed by atoms with Crippen molar-refractivity contribution in [3.8, 4) is 23.0 Å². The molecule has 0 spiro atoms. The molecular weight excluding hydrogens is 444 g/mol. The minimum atomic E-state index is -4.07. The molecule has 6 heteroatoms. The molecule has 32 heavy (non-hydrogen) atoms. The van der Waals surface area contributed by atoms with Gasteiger partial charge in [-0.25, -0.2) is 8.42 Å². The van der Waals surface area contributed by atoms with Gasteiger partial charge in [-0.15, -0.1) is 0 Å². The van der Waals surface area contributed by atoms with E-state index in [2.05, 4.69) is 0 Å². The van der Waals surface area contributed by atoms with Gasteiger partial charge in [0.05, 0.1) is 4.90 Å². The molecule has 5 aromatic rings. The summed E-state index contributed by atoms with van der Waals surface area (Å²) in [6, 6.07) is 31.1. The SMILES string of the molecule is O=S(=O)(Cl)c1cccc2c(Oc3ccccc3)c3ccccc3c(Oc3ccccc3)c12. The highest BCUT2D eigenvalue weighted by Gasteiger charge is 2.24. The monoisotopic (exact) mass is 460 g/mol. The van der Waals surface area contributed by atoms with Crippen LogP contribution in [0.25, 0.3) is 21.5 Å². The molecule has 0 atom stereocenters. The van der Waals surface area contributed by atoms with Crippen LogP contribution in [0, 0.1) is 0 Å². The number of hydrogen-bond acceptors (Lipinski definition) is 4. The van der Waals surface area contributed by atoms with Crippen LogP contribution in [0.2, 0.25) is 0 Å². The van der Waals surface area contributed by atoms with Gasteiger partial charge in [0, 0.05) is 32.2 Å². The highest BCUT2D eigenvalue weighted by Crippen LogP contribution is 2.48. The lowest BCUT2D eigenvalue weighted by Gasteiger charge is -2.19. The lowest BCUT2D eigenvalue weighted by atomic mass is 10.0. The first-order valence-corrected chi connectivity index (χ1v) is 12.2. The van der Waals surface area contributed by atoms with Gasteiger partial charge >= 0.3 is 0 Å². The Labute approximate surface area is 190 Å². The minimum absolute atomic E-state index is 0.0359. The maximum absolute atomic E-state index is 12.5. The van der Waals surface area contributed by atoms with Crippen LogP contribution in [0.1, 0.15) is 0 Å². The third kappa shape index (κ3) is 3.77. The molecule has 0 saturated carbocycles. The summed E-state index contributed by atoms with van der Waals surface area (Å²) in [6.07, 6.45) is 0. The lowest BCUT2D eigenvalue weighted by Crippen LogP contribution is -1.98. The number of rotatable bonds is 5. The Morgan fingerprint density at radius 3 is 1.56 bits per heavy atom. The van der Waals surface area contributed by atoms with E-state index in [9.17, 15) is 8.42 Å². The van der Waals surface area contributed by atoms with E-state index >= 15 is 0 Å². The van der Waals surface area contributed by atoms with Gasteiger partial charge in [-0.05, 0) is 30.3 Å². The van der Waals surface area contributed by atoms with Crippen molar-refractivity contribution in [1.82, 2.24) is 0 Å². The number of benzene rings is 5. The van der Waals surface area contributed by atoms with Gasteiger partial charge in [0.25, 0.3) is 9.05 Å². The fourth-order valence-corrected chi connectivity index (χ4v) is 4.82. The first kappa shape index (κ1) is 20.4. The van der Waals surface area contributed by atoms with Gasteiger partial charge in [-0.3, -0.25) is 0 Å². The molecule has 0 unspecified atom stereocenters. The predicted molar refractivity (Wildman–Crippen MR) is 128 cm³/mol. The fraction of sp³-hybridized carbons (Fsp3) is 0. The maximum Gasteiger partial charge on any atom is 0.262 e. The second kappa shape index (κ2) is 8.19. The second-order valence-corrected chi connectivity index (χ2v) is 9.68. The van der Waals surface area contributed by atoms with Crippen LogP contribution in [0.3, 0.4) is 0 Å². The maximum atomic E-state index is 12.5. The molecule has 0 heterocycles. The van der Waals surface area contributed by atoms with Crippen LogP contribution in [0.5, 0.6) is 23.0 Å². The van der Waals surface area contributed by atoms with Gasteiger partial charge in [-0.2, -0.15) is 0 Å². The van der Waals surface area contributed by atoms with Crippen LogP contribution in [0.4, 0.5) is 0 Å². The highest BCUT2D eigenvalue weighted by molar-refractivity contribution is 8.14. The number of fused-ring (bicyclic) bond motifs is 2. The molecule has 0 saturated heterocycles. The molecule has 5 rings (SSSR count).